The average molecular weight is 377 g/mol. The topological polar surface area (TPSA) is 72.5 Å². The number of ketones is 1. The number of hydrogen-bond acceptors (Lipinski definition) is 4. The molecule has 28 heavy (non-hydrogen) atoms. The molecule has 0 bridgehead atoms. The van der Waals surface area contributed by atoms with Crippen molar-refractivity contribution < 1.29 is 23.5 Å². The molecule has 0 fully saturated rings. The Morgan fingerprint density at radius 3 is 2.11 bits per heavy atom. The number of carbonyl (C=O) groups is 3. The lowest BCUT2D eigenvalue weighted by molar-refractivity contribution is -0.119. The van der Waals surface area contributed by atoms with E-state index in [1.165, 1.54) is 30.3 Å². The van der Waals surface area contributed by atoms with Crippen LogP contribution in [0.1, 0.15) is 26.3 Å². The van der Waals surface area contributed by atoms with E-state index < -0.39 is 24.3 Å². The molecule has 0 saturated heterocycles. The Kier molecular flexibility index (Phi) is 5.91. The van der Waals surface area contributed by atoms with E-state index in [0.717, 1.165) is 0 Å². The lowest BCUT2D eigenvalue weighted by Gasteiger charge is -2.10. The normalized spacial score (nSPS) is 10.2. The first-order chi connectivity index (χ1) is 13.6. The van der Waals surface area contributed by atoms with Crippen LogP contribution in [0, 0.1) is 5.82 Å². The third-order valence-electron chi connectivity index (χ3n) is 3.91. The molecule has 0 saturated carbocycles. The molecule has 5 nitrogen and oxygen atoms in total. The van der Waals surface area contributed by atoms with E-state index in [1.54, 1.807) is 48.5 Å². The molecule has 0 aromatic heterocycles. The van der Waals surface area contributed by atoms with E-state index >= 15 is 0 Å². The first-order valence-corrected chi connectivity index (χ1v) is 8.46. The maximum absolute atomic E-state index is 13.6. The third-order valence-corrected chi connectivity index (χ3v) is 3.91. The molecule has 140 valence electrons. The molecule has 0 atom stereocenters. The molecule has 1 amide bonds. The van der Waals surface area contributed by atoms with E-state index in [1.807, 2.05) is 0 Å². The molecule has 0 heterocycles. The van der Waals surface area contributed by atoms with Gasteiger partial charge in [0.05, 0.1) is 11.3 Å². The molecule has 3 aromatic carbocycles. The molecular weight excluding hydrogens is 361 g/mol. The van der Waals surface area contributed by atoms with Crippen LogP contribution >= 0.6 is 0 Å². The summed E-state index contributed by atoms with van der Waals surface area (Å²) >= 11 is 0. The van der Waals surface area contributed by atoms with Gasteiger partial charge in [0, 0.05) is 11.1 Å². The molecule has 0 spiro atoms. The maximum atomic E-state index is 13.6. The first kappa shape index (κ1) is 19.0. The maximum Gasteiger partial charge on any atom is 0.339 e. The standard InChI is InChI=1S/C22H16FNO4/c23-18-12-6-7-13-19(18)24-20(25)14-28-22(27)17-11-5-4-10-16(17)21(26)15-8-2-1-3-9-15/h1-13H,14H2,(H,24,25). The van der Waals surface area contributed by atoms with Crippen molar-refractivity contribution >= 4 is 23.3 Å². The minimum atomic E-state index is -0.816. The lowest BCUT2D eigenvalue weighted by atomic mass is 9.98. The Morgan fingerprint density at radius 2 is 1.39 bits per heavy atom. The summed E-state index contributed by atoms with van der Waals surface area (Å²) < 4.78 is 18.6. The average Bonchev–Trinajstić information content (AvgIpc) is 2.74. The highest BCUT2D eigenvalue weighted by Crippen LogP contribution is 2.16. The first-order valence-electron chi connectivity index (χ1n) is 8.46. The van der Waals surface area contributed by atoms with Crippen LogP contribution in [-0.4, -0.2) is 24.3 Å². The van der Waals surface area contributed by atoms with Gasteiger partial charge in [-0.25, -0.2) is 9.18 Å². The van der Waals surface area contributed by atoms with Crippen LogP contribution in [0.15, 0.2) is 78.9 Å². The van der Waals surface area contributed by atoms with E-state index in [0.29, 0.717) is 5.56 Å². The molecule has 0 aliphatic heterocycles. The van der Waals surface area contributed by atoms with E-state index in [4.69, 9.17) is 4.74 Å². The Hall–Kier alpha value is -3.80. The van der Waals surface area contributed by atoms with E-state index in [9.17, 15) is 18.8 Å². The van der Waals surface area contributed by atoms with Crippen LogP contribution in [0.4, 0.5) is 10.1 Å². The van der Waals surface area contributed by atoms with Gasteiger partial charge in [0.25, 0.3) is 5.91 Å². The van der Waals surface area contributed by atoms with Crippen LogP contribution in [0.2, 0.25) is 0 Å². The zero-order chi connectivity index (χ0) is 19.9. The number of para-hydroxylation sites is 1. The van der Waals surface area contributed by atoms with Crippen molar-refractivity contribution in [2.75, 3.05) is 11.9 Å². The summed E-state index contributed by atoms with van der Waals surface area (Å²) in [5.41, 5.74) is 0.645. The molecule has 3 aromatic rings. The van der Waals surface area contributed by atoms with Crippen molar-refractivity contribution in [1.82, 2.24) is 0 Å². The molecule has 6 heteroatoms. The minimum Gasteiger partial charge on any atom is -0.452 e. The number of hydrogen-bond donors (Lipinski definition) is 1. The van der Waals surface area contributed by atoms with Gasteiger partial charge in [0.1, 0.15) is 5.82 Å². The highest BCUT2D eigenvalue weighted by molar-refractivity contribution is 6.14. The van der Waals surface area contributed by atoms with Crippen molar-refractivity contribution in [3.63, 3.8) is 0 Å². The molecule has 0 aliphatic carbocycles. The smallest absolute Gasteiger partial charge is 0.339 e. The number of benzene rings is 3. The monoisotopic (exact) mass is 377 g/mol. The summed E-state index contributed by atoms with van der Waals surface area (Å²) in [6.07, 6.45) is 0. The van der Waals surface area contributed by atoms with Gasteiger partial charge in [-0.3, -0.25) is 9.59 Å². The van der Waals surface area contributed by atoms with Gasteiger partial charge >= 0.3 is 5.97 Å². The molecule has 0 radical (unpaired) electrons. The summed E-state index contributed by atoms with van der Waals surface area (Å²) in [4.78, 5) is 37.0. The predicted molar refractivity (Wildman–Crippen MR) is 102 cm³/mol. The molecule has 0 aliphatic rings. The SMILES string of the molecule is O=C(COC(=O)c1ccccc1C(=O)c1ccccc1)Nc1ccccc1F. The van der Waals surface area contributed by atoms with E-state index in [2.05, 4.69) is 5.32 Å². The summed E-state index contributed by atoms with van der Waals surface area (Å²) in [6.45, 7) is -0.610. The highest BCUT2D eigenvalue weighted by Gasteiger charge is 2.20. The van der Waals surface area contributed by atoms with Crippen LogP contribution < -0.4 is 5.32 Å². The van der Waals surface area contributed by atoms with Crippen molar-refractivity contribution in [1.29, 1.82) is 0 Å². The number of rotatable bonds is 6. The predicted octanol–water partition coefficient (Wildman–Crippen LogP) is 3.85. The van der Waals surface area contributed by atoms with Crippen LogP contribution in [0.3, 0.4) is 0 Å². The Bertz CT molecular complexity index is 1020. The number of esters is 1. The summed E-state index contributed by atoms with van der Waals surface area (Å²) in [5.74, 6) is -2.43. The zero-order valence-electron chi connectivity index (χ0n) is 14.7. The van der Waals surface area contributed by atoms with Gasteiger partial charge < -0.3 is 10.1 Å². The molecule has 3 rings (SSSR count). The Balaban J connectivity index is 1.69. The number of ether oxygens (including phenoxy) is 1. The second-order valence-corrected chi connectivity index (χ2v) is 5.84. The lowest BCUT2D eigenvalue weighted by Crippen LogP contribution is -2.22. The fourth-order valence-corrected chi connectivity index (χ4v) is 2.56. The largest absolute Gasteiger partial charge is 0.452 e. The quantitative estimate of drug-likeness (QED) is 0.523. The van der Waals surface area contributed by atoms with Gasteiger partial charge in [0.15, 0.2) is 12.4 Å². The van der Waals surface area contributed by atoms with Crippen LogP contribution in [-0.2, 0) is 9.53 Å². The summed E-state index contributed by atoms with van der Waals surface area (Å²) in [5, 5.41) is 2.32. The van der Waals surface area contributed by atoms with Crippen LogP contribution in [0.25, 0.3) is 0 Å². The number of amides is 1. The molecular formula is C22H16FNO4. The summed E-state index contributed by atoms with van der Waals surface area (Å²) in [6, 6.07) is 20.4. The van der Waals surface area contributed by atoms with Crippen molar-refractivity contribution in [2.45, 2.75) is 0 Å². The highest BCUT2D eigenvalue weighted by atomic mass is 19.1. The second kappa shape index (κ2) is 8.73. The Labute approximate surface area is 160 Å². The van der Waals surface area contributed by atoms with Gasteiger partial charge in [-0.2, -0.15) is 0 Å². The van der Waals surface area contributed by atoms with Crippen molar-refractivity contribution in [3.8, 4) is 0 Å². The number of anilines is 1. The third kappa shape index (κ3) is 4.48. The molecule has 0 unspecified atom stereocenters. The second-order valence-electron chi connectivity index (χ2n) is 5.84. The fourth-order valence-electron chi connectivity index (χ4n) is 2.56. The Morgan fingerprint density at radius 1 is 0.786 bits per heavy atom. The number of nitrogens with one attached hydrogen (secondary N) is 1. The number of carbonyl (C=O) groups excluding carboxylic acids is 3. The summed E-state index contributed by atoms with van der Waals surface area (Å²) in [7, 11) is 0. The zero-order valence-corrected chi connectivity index (χ0v) is 14.7. The van der Waals surface area contributed by atoms with Crippen molar-refractivity contribution in [3.05, 3.63) is 101 Å². The van der Waals surface area contributed by atoms with Gasteiger partial charge in [-0.05, 0) is 18.2 Å². The van der Waals surface area contributed by atoms with Crippen molar-refractivity contribution in [2.24, 2.45) is 0 Å². The van der Waals surface area contributed by atoms with Crippen LogP contribution in [0.5, 0.6) is 0 Å². The fraction of sp³-hybridized carbons (Fsp3) is 0.0455. The molecule has 1 N–H and O–H groups in total. The van der Waals surface area contributed by atoms with Gasteiger partial charge in [0.2, 0.25) is 0 Å². The number of halogens is 1. The van der Waals surface area contributed by atoms with E-state index in [-0.39, 0.29) is 22.6 Å². The van der Waals surface area contributed by atoms with Gasteiger partial charge in [-0.1, -0.05) is 60.7 Å². The minimum absolute atomic E-state index is 0.0109. The van der Waals surface area contributed by atoms with Gasteiger partial charge in [-0.15, -0.1) is 0 Å².